The Hall–Kier alpha value is -1.22. The van der Waals surface area contributed by atoms with Crippen LogP contribution in [0.1, 0.15) is 36.0 Å². The number of aryl methyl sites for hydroxylation is 2. The van der Waals surface area contributed by atoms with Crippen molar-refractivity contribution >= 4 is 0 Å². The Labute approximate surface area is 87.4 Å². The van der Waals surface area contributed by atoms with Gasteiger partial charge in [-0.25, -0.2) is 0 Å². The summed E-state index contributed by atoms with van der Waals surface area (Å²) in [5, 5.41) is 0. The zero-order valence-corrected chi connectivity index (χ0v) is 9.06. The standard InChI is InChI=1S/C14H17/c1-4-5-6-7-10-14-11-8-9-12(2)13(14)3/h8-9,11H,5-7,10H2,2-3H3. The second-order valence-electron chi connectivity index (χ2n) is 3.74. The predicted molar refractivity (Wildman–Crippen MR) is 60.6 cm³/mol. The molecule has 0 nitrogen and oxygen atoms in total. The van der Waals surface area contributed by atoms with E-state index in [9.17, 15) is 0 Å². The van der Waals surface area contributed by atoms with Gasteiger partial charge in [0.25, 0.3) is 0 Å². The van der Waals surface area contributed by atoms with E-state index in [0.717, 1.165) is 25.7 Å². The third-order valence-electron chi connectivity index (χ3n) is 2.71. The Balaban J connectivity index is 2.51. The minimum atomic E-state index is 0.796. The highest BCUT2D eigenvalue weighted by molar-refractivity contribution is 5.33. The van der Waals surface area contributed by atoms with Crippen LogP contribution in [0.3, 0.4) is 0 Å². The molecule has 0 heteroatoms. The molecular formula is C14H17. The monoisotopic (exact) mass is 185 g/mol. The van der Waals surface area contributed by atoms with Gasteiger partial charge in [-0.2, -0.15) is 0 Å². The smallest absolute Gasteiger partial charge is 0.00990 e. The maximum Gasteiger partial charge on any atom is 0.00990 e. The molecule has 73 valence electrons. The van der Waals surface area contributed by atoms with E-state index in [4.69, 9.17) is 6.42 Å². The van der Waals surface area contributed by atoms with Crippen molar-refractivity contribution in [2.75, 3.05) is 0 Å². The highest BCUT2D eigenvalue weighted by atomic mass is 14.0. The van der Waals surface area contributed by atoms with Crippen molar-refractivity contribution in [1.29, 1.82) is 0 Å². The lowest BCUT2D eigenvalue weighted by Gasteiger charge is -2.07. The molecule has 0 aromatic heterocycles. The summed E-state index contributed by atoms with van der Waals surface area (Å²) >= 11 is 0. The van der Waals surface area contributed by atoms with Crippen LogP contribution in [0.25, 0.3) is 0 Å². The molecule has 0 aliphatic heterocycles. The van der Waals surface area contributed by atoms with Crippen molar-refractivity contribution in [1.82, 2.24) is 0 Å². The Morgan fingerprint density at radius 2 is 2.00 bits per heavy atom. The molecule has 0 amide bonds. The van der Waals surface area contributed by atoms with Crippen LogP contribution in [0, 0.1) is 26.2 Å². The third kappa shape index (κ3) is 2.92. The van der Waals surface area contributed by atoms with Gasteiger partial charge < -0.3 is 0 Å². The van der Waals surface area contributed by atoms with E-state index < -0.39 is 0 Å². The first-order valence-electron chi connectivity index (χ1n) is 5.20. The van der Waals surface area contributed by atoms with Crippen LogP contribution >= 0.6 is 0 Å². The van der Waals surface area contributed by atoms with Crippen molar-refractivity contribution in [2.24, 2.45) is 0 Å². The number of hydrogen-bond donors (Lipinski definition) is 0. The molecule has 0 N–H and O–H groups in total. The van der Waals surface area contributed by atoms with Crippen molar-refractivity contribution in [3.8, 4) is 5.92 Å². The van der Waals surface area contributed by atoms with Crippen LogP contribution in [-0.2, 0) is 6.42 Å². The average Bonchev–Trinajstić information content (AvgIpc) is 2.19. The molecule has 14 heavy (non-hydrogen) atoms. The Kier molecular flexibility index (Phi) is 4.26. The lowest BCUT2D eigenvalue weighted by Crippen LogP contribution is -1.92. The van der Waals surface area contributed by atoms with Crippen LogP contribution < -0.4 is 0 Å². The lowest BCUT2D eigenvalue weighted by atomic mass is 9.99. The first-order valence-corrected chi connectivity index (χ1v) is 5.20. The van der Waals surface area contributed by atoms with Gasteiger partial charge >= 0.3 is 0 Å². The van der Waals surface area contributed by atoms with E-state index >= 15 is 0 Å². The van der Waals surface area contributed by atoms with Gasteiger partial charge in [0.2, 0.25) is 0 Å². The summed E-state index contributed by atoms with van der Waals surface area (Å²) in [7, 11) is 0. The fourth-order valence-corrected chi connectivity index (χ4v) is 1.61. The van der Waals surface area contributed by atoms with Crippen molar-refractivity contribution < 1.29 is 0 Å². The lowest BCUT2D eigenvalue weighted by molar-refractivity contribution is 0.753. The Bertz CT molecular complexity index is 328. The number of hydrogen-bond acceptors (Lipinski definition) is 0. The average molecular weight is 185 g/mol. The topological polar surface area (TPSA) is 0 Å². The molecule has 0 atom stereocenters. The summed E-state index contributed by atoms with van der Waals surface area (Å²) in [5.41, 5.74) is 4.25. The number of unbranched alkanes of at least 4 members (excludes halogenated alkanes) is 2. The number of rotatable bonds is 4. The molecule has 0 saturated carbocycles. The maximum atomic E-state index is 6.81. The predicted octanol–water partition coefficient (Wildman–Crippen LogP) is 3.61. The quantitative estimate of drug-likeness (QED) is 0.496. The van der Waals surface area contributed by atoms with Gasteiger partial charge in [0.1, 0.15) is 0 Å². The highest BCUT2D eigenvalue weighted by Gasteiger charge is 1.99. The summed E-state index contributed by atoms with van der Waals surface area (Å²) < 4.78 is 0. The van der Waals surface area contributed by atoms with Gasteiger partial charge in [-0.3, -0.25) is 0 Å². The van der Waals surface area contributed by atoms with E-state index in [2.05, 4.69) is 38.0 Å². The van der Waals surface area contributed by atoms with Crippen LogP contribution in [0.15, 0.2) is 18.2 Å². The minimum Gasteiger partial charge on any atom is -0.0891 e. The highest BCUT2D eigenvalue weighted by Crippen LogP contribution is 2.15. The second-order valence-corrected chi connectivity index (χ2v) is 3.74. The fourth-order valence-electron chi connectivity index (χ4n) is 1.61. The van der Waals surface area contributed by atoms with Crippen LogP contribution in [0.5, 0.6) is 0 Å². The molecule has 0 aliphatic rings. The van der Waals surface area contributed by atoms with Crippen molar-refractivity contribution in [3.05, 3.63) is 41.3 Å². The first-order chi connectivity index (χ1) is 6.75. The van der Waals surface area contributed by atoms with Gasteiger partial charge in [0, 0.05) is 6.42 Å². The Morgan fingerprint density at radius 1 is 1.21 bits per heavy atom. The molecule has 0 spiro atoms. The van der Waals surface area contributed by atoms with Gasteiger partial charge in [0.05, 0.1) is 0 Å². The molecule has 0 fully saturated rings. The van der Waals surface area contributed by atoms with Crippen molar-refractivity contribution in [3.63, 3.8) is 0 Å². The summed E-state index contributed by atoms with van der Waals surface area (Å²) in [5.74, 6) is 2.43. The molecule has 1 aromatic carbocycles. The molecule has 0 unspecified atom stereocenters. The van der Waals surface area contributed by atoms with E-state index in [1.54, 1.807) is 0 Å². The van der Waals surface area contributed by atoms with E-state index in [1.165, 1.54) is 16.7 Å². The fraction of sp³-hybridized carbons (Fsp3) is 0.429. The minimum absolute atomic E-state index is 0.796. The van der Waals surface area contributed by atoms with Gasteiger partial charge in [-0.05, 0) is 56.2 Å². The Morgan fingerprint density at radius 3 is 2.71 bits per heavy atom. The third-order valence-corrected chi connectivity index (χ3v) is 2.71. The number of benzene rings is 1. The molecule has 0 aliphatic carbocycles. The molecule has 0 saturated heterocycles. The maximum absolute atomic E-state index is 6.81. The van der Waals surface area contributed by atoms with Crippen LogP contribution in [0.2, 0.25) is 0 Å². The van der Waals surface area contributed by atoms with Crippen LogP contribution in [-0.4, -0.2) is 0 Å². The van der Waals surface area contributed by atoms with Crippen LogP contribution in [0.4, 0.5) is 0 Å². The molecule has 0 heterocycles. The van der Waals surface area contributed by atoms with Crippen molar-refractivity contribution in [2.45, 2.75) is 39.5 Å². The van der Waals surface area contributed by atoms with Gasteiger partial charge in [0.15, 0.2) is 0 Å². The van der Waals surface area contributed by atoms with Gasteiger partial charge in [-0.15, -0.1) is 0 Å². The zero-order valence-electron chi connectivity index (χ0n) is 9.06. The SMILES string of the molecule is [C]#CCCCCc1cccc(C)c1C. The summed E-state index contributed by atoms with van der Waals surface area (Å²) in [6, 6.07) is 6.49. The largest absolute Gasteiger partial charge is 0.0891 e. The molecule has 1 rings (SSSR count). The van der Waals surface area contributed by atoms with E-state index in [1.807, 2.05) is 0 Å². The summed E-state index contributed by atoms with van der Waals surface area (Å²) in [4.78, 5) is 0. The molecular weight excluding hydrogens is 168 g/mol. The molecule has 0 bridgehead atoms. The summed E-state index contributed by atoms with van der Waals surface area (Å²) in [6.07, 6.45) is 11.0. The second kappa shape index (κ2) is 5.50. The molecule has 1 radical (unpaired) electrons. The van der Waals surface area contributed by atoms with Gasteiger partial charge in [-0.1, -0.05) is 24.1 Å². The van der Waals surface area contributed by atoms with E-state index in [-0.39, 0.29) is 0 Å². The zero-order chi connectivity index (χ0) is 10.4. The van der Waals surface area contributed by atoms with E-state index in [0.29, 0.717) is 0 Å². The first kappa shape index (κ1) is 10.9. The summed E-state index contributed by atoms with van der Waals surface area (Å²) in [6.45, 7) is 4.34. The molecule has 1 aromatic rings. The normalized spacial score (nSPS) is 9.79.